The fraction of sp³-hybridized carbons (Fsp3) is 0.333. The monoisotopic (exact) mass is 419 g/mol. The van der Waals surface area contributed by atoms with Crippen LogP contribution in [-0.4, -0.2) is 49.6 Å². The van der Waals surface area contributed by atoms with Crippen LogP contribution in [0.15, 0.2) is 42.5 Å². The van der Waals surface area contributed by atoms with Crippen LogP contribution in [0.3, 0.4) is 0 Å². The van der Waals surface area contributed by atoms with E-state index in [1.807, 2.05) is 49.3 Å². The lowest BCUT2D eigenvalue weighted by Crippen LogP contribution is -2.34. The highest BCUT2D eigenvalue weighted by Gasteiger charge is 2.21. The Bertz CT molecular complexity index is 963. The predicted octanol–water partition coefficient (Wildman–Crippen LogP) is 4.33. The molecule has 1 heterocycles. The number of benzene rings is 2. The Labute approximate surface area is 172 Å². The van der Waals surface area contributed by atoms with Gasteiger partial charge in [0, 0.05) is 12.6 Å². The van der Waals surface area contributed by atoms with Crippen LogP contribution < -0.4 is 9.64 Å². The Hall–Kier alpha value is -2.58. The van der Waals surface area contributed by atoms with Crippen molar-refractivity contribution in [3.8, 4) is 5.75 Å². The molecule has 0 bridgehead atoms. The molecule has 0 aliphatic heterocycles. The second-order valence-corrected chi connectivity index (χ2v) is 7.85. The summed E-state index contributed by atoms with van der Waals surface area (Å²) < 4.78 is 33.6. The molecule has 0 radical (unpaired) electrons. The molecule has 0 aliphatic rings. The number of fused-ring (bicyclic) bond motifs is 1. The number of para-hydroxylation sites is 1. The highest BCUT2D eigenvalue weighted by Crippen LogP contribution is 2.31. The highest BCUT2D eigenvalue weighted by molar-refractivity contribution is 7.22. The molecule has 2 aromatic carbocycles. The van der Waals surface area contributed by atoms with Crippen molar-refractivity contribution >= 4 is 32.6 Å². The van der Waals surface area contributed by atoms with E-state index in [2.05, 4.69) is 4.98 Å². The number of rotatable bonds is 9. The molecule has 5 nitrogen and oxygen atoms in total. The molecule has 3 aromatic rings. The van der Waals surface area contributed by atoms with Gasteiger partial charge in [-0.3, -0.25) is 9.69 Å². The second-order valence-electron chi connectivity index (χ2n) is 6.84. The molecule has 154 valence electrons. The minimum absolute atomic E-state index is 0.0809. The van der Waals surface area contributed by atoms with E-state index in [9.17, 15) is 13.6 Å². The van der Waals surface area contributed by atoms with Gasteiger partial charge in [-0.15, -0.1) is 0 Å². The zero-order valence-corrected chi connectivity index (χ0v) is 17.2. The van der Waals surface area contributed by atoms with Crippen molar-refractivity contribution in [1.82, 2.24) is 9.88 Å². The van der Waals surface area contributed by atoms with Crippen LogP contribution >= 0.6 is 11.3 Å². The van der Waals surface area contributed by atoms with Crippen molar-refractivity contribution in [3.05, 3.63) is 54.1 Å². The number of hydrogen-bond donors (Lipinski definition) is 0. The third-order valence-corrected chi connectivity index (χ3v) is 5.27. The topological polar surface area (TPSA) is 45.7 Å². The molecule has 0 saturated carbocycles. The number of nitrogens with zero attached hydrogens (tertiary/aromatic N) is 3. The molecule has 0 N–H and O–H groups in total. The van der Waals surface area contributed by atoms with Gasteiger partial charge in [0.05, 0.1) is 17.7 Å². The molecule has 0 unspecified atom stereocenters. The average Bonchev–Trinajstić information content (AvgIpc) is 3.09. The van der Waals surface area contributed by atoms with Gasteiger partial charge in [0.2, 0.25) is 5.91 Å². The third-order valence-electron chi connectivity index (χ3n) is 4.25. The van der Waals surface area contributed by atoms with Gasteiger partial charge in [-0.2, -0.15) is 0 Å². The maximum Gasteiger partial charge on any atom is 0.232 e. The molecule has 8 heteroatoms. The number of aromatic nitrogens is 1. The standard InChI is InChI=1S/C21H23F2N3O2S/c1-25(2)10-6-11-26(19(27)9-12-28-16-7-4-3-5-8-16)21-24-20-17(23)13-15(22)14-18(20)29-21/h3-5,7-8,13-14H,6,9-12H2,1-2H3. The lowest BCUT2D eigenvalue weighted by atomic mass is 10.3. The first-order valence-corrected chi connectivity index (χ1v) is 10.1. The Morgan fingerprint density at radius 2 is 1.90 bits per heavy atom. The average molecular weight is 419 g/mol. The molecular formula is C21H23F2N3O2S. The van der Waals surface area contributed by atoms with Crippen LogP contribution in [-0.2, 0) is 4.79 Å². The van der Waals surface area contributed by atoms with Gasteiger partial charge in [0.1, 0.15) is 17.1 Å². The molecule has 0 fully saturated rings. The number of amides is 1. The Morgan fingerprint density at radius 3 is 2.62 bits per heavy atom. The molecular weight excluding hydrogens is 396 g/mol. The van der Waals surface area contributed by atoms with E-state index < -0.39 is 11.6 Å². The van der Waals surface area contributed by atoms with E-state index >= 15 is 0 Å². The number of halogens is 2. The van der Waals surface area contributed by atoms with Crippen molar-refractivity contribution in [3.63, 3.8) is 0 Å². The second kappa shape index (κ2) is 9.76. The van der Waals surface area contributed by atoms with Crippen molar-refractivity contribution in [2.45, 2.75) is 12.8 Å². The van der Waals surface area contributed by atoms with Crippen molar-refractivity contribution in [1.29, 1.82) is 0 Å². The molecule has 3 rings (SSSR count). The minimum Gasteiger partial charge on any atom is -0.493 e. The Kier molecular flexibility index (Phi) is 7.11. The van der Waals surface area contributed by atoms with Crippen LogP contribution in [0.25, 0.3) is 10.2 Å². The smallest absolute Gasteiger partial charge is 0.232 e. The van der Waals surface area contributed by atoms with Crippen LogP contribution in [0.2, 0.25) is 0 Å². The summed E-state index contributed by atoms with van der Waals surface area (Å²) in [5.74, 6) is -0.862. The molecule has 0 atom stereocenters. The highest BCUT2D eigenvalue weighted by atomic mass is 32.1. The summed E-state index contributed by atoms with van der Waals surface area (Å²) in [6.07, 6.45) is 0.884. The number of carbonyl (C=O) groups is 1. The van der Waals surface area contributed by atoms with Crippen LogP contribution in [0.5, 0.6) is 5.75 Å². The summed E-state index contributed by atoms with van der Waals surface area (Å²) in [7, 11) is 3.91. The Morgan fingerprint density at radius 1 is 1.14 bits per heavy atom. The zero-order valence-electron chi connectivity index (χ0n) is 16.4. The lowest BCUT2D eigenvalue weighted by molar-refractivity contribution is -0.119. The molecule has 1 amide bonds. The maximum atomic E-state index is 14.0. The largest absolute Gasteiger partial charge is 0.493 e. The van der Waals surface area contributed by atoms with Crippen LogP contribution in [0.4, 0.5) is 13.9 Å². The maximum absolute atomic E-state index is 14.0. The van der Waals surface area contributed by atoms with Crippen LogP contribution in [0, 0.1) is 11.6 Å². The predicted molar refractivity (Wildman–Crippen MR) is 112 cm³/mol. The number of ether oxygens (including phenoxy) is 1. The quantitative estimate of drug-likeness (QED) is 0.518. The summed E-state index contributed by atoms with van der Waals surface area (Å²) in [6.45, 7) is 1.45. The molecule has 0 spiro atoms. The van der Waals surface area contributed by atoms with Gasteiger partial charge in [0.25, 0.3) is 0 Å². The van der Waals surface area contributed by atoms with E-state index in [-0.39, 0.29) is 24.5 Å². The van der Waals surface area contributed by atoms with Gasteiger partial charge in [0.15, 0.2) is 10.9 Å². The summed E-state index contributed by atoms with van der Waals surface area (Å²) in [6, 6.07) is 11.3. The fourth-order valence-corrected chi connectivity index (χ4v) is 3.89. The molecule has 0 saturated heterocycles. The van der Waals surface area contributed by atoms with Gasteiger partial charge in [-0.1, -0.05) is 29.5 Å². The van der Waals surface area contributed by atoms with Crippen molar-refractivity contribution in [2.24, 2.45) is 0 Å². The van der Waals surface area contributed by atoms with E-state index in [1.54, 1.807) is 4.90 Å². The lowest BCUT2D eigenvalue weighted by Gasteiger charge is -2.21. The number of anilines is 1. The van der Waals surface area contributed by atoms with E-state index in [1.165, 1.54) is 6.07 Å². The first-order chi connectivity index (χ1) is 13.9. The van der Waals surface area contributed by atoms with Gasteiger partial charge in [-0.25, -0.2) is 13.8 Å². The molecule has 0 aliphatic carbocycles. The van der Waals surface area contributed by atoms with Gasteiger partial charge < -0.3 is 9.64 Å². The first kappa shape index (κ1) is 21.1. The van der Waals surface area contributed by atoms with E-state index in [4.69, 9.17) is 4.74 Å². The van der Waals surface area contributed by atoms with E-state index in [0.29, 0.717) is 22.1 Å². The third kappa shape index (κ3) is 5.71. The minimum atomic E-state index is -0.726. The first-order valence-electron chi connectivity index (χ1n) is 9.32. The Balaban J connectivity index is 1.74. The number of thiazole rings is 1. The summed E-state index contributed by atoms with van der Waals surface area (Å²) in [5, 5.41) is 0.368. The summed E-state index contributed by atoms with van der Waals surface area (Å²) in [5.41, 5.74) is 0.0809. The van der Waals surface area contributed by atoms with Crippen molar-refractivity contribution < 1.29 is 18.3 Å². The normalized spacial score (nSPS) is 11.2. The fourth-order valence-electron chi connectivity index (χ4n) is 2.84. The molecule has 1 aromatic heterocycles. The van der Waals surface area contributed by atoms with E-state index in [0.717, 1.165) is 30.4 Å². The number of carbonyl (C=O) groups excluding carboxylic acids is 1. The molecule has 29 heavy (non-hydrogen) atoms. The van der Waals surface area contributed by atoms with Gasteiger partial charge >= 0.3 is 0 Å². The SMILES string of the molecule is CN(C)CCCN(C(=O)CCOc1ccccc1)c1nc2c(F)cc(F)cc2s1. The van der Waals surface area contributed by atoms with Gasteiger partial charge in [-0.05, 0) is 45.3 Å². The summed E-state index contributed by atoms with van der Waals surface area (Å²) >= 11 is 1.11. The van der Waals surface area contributed by atoms with Crippen molar-refractivity contribution in [2.75, 3.05) is 38.7 Å². The number of hydrogen-bond acceptors (Lipinski definition) is 5. The summed E-state index contributed by atoms with van der Waals surface area (Å²) in [4.78, 5) is 20.7. The van der Waals surface area contributed by atoms with Crippen LogP contribution in [0.1, 0.15) is 12.8 Å². The zero-order chi connectivity index (χ0) is 20.8.